The van der Waals surface area contributed by atoms with Crippen LogP contribution < -0.4 is 10.6 Å². The van der Waals surface area contributed by atoms with Crippen molar-refractivity contribution in [3.63, 3.8) is 0 Å². The molecule has 1 aromatic heterocycles. The molecule has 0 radical (unpaired) electrons. The minimum absolute atomic E-state index is 0.354. The third-order valence-corrected chi connectivity index (χ3v) is 5.33. The Morgan fingerprint density at radius 1 is 1.11 bits per heavy atom. The first-order valence-electron chi connectivity index (χ1n) is 9.31. The number of nitrogens with one attached hydrogen (secondary N) is 2. The molecular weight excluding hydrogens is 449 g/mol. The summed E-state index contributed by atoms with van der Waals surface area (Å²) in [6.07, 6.45) is 2.92. The highest BCUT2D eigenvalue weighted by Crippen LogP contribution is 2.24. The molecule has 4 nitrogen and oxygen atoms in total. The lowest BCUT2D eigenvalue weighted by Crippen LogP contribution is -2.26. The number of fused-ring (bicyclic) bond motifs is 1. The Morgan fingerprint density at radius 2 is 1.93 bits per heavy atom. The average Bonchev–Trinajstić information content (AvgIpc) is 2.63. The summed E-state index contributed by atoms with van der Waals surface area (Å²) in [5.41, 5.74) is 3.10. The topological polar surface area (TPSA) is 57.2 Å². The number of halogens is 1. The number of benzene rings is 2. The van der Waals surface area contributed by atoms with E-state index in [4.69, 9.17) is 0 Å². The summed E-state index contributed by atoms with van der Waals surface area (Å²) in [5, 5.41) is 18.1. The fourth-order valence-corrected chi connectivity index (χ4v) is 3.85. The van der Waals surface area contributed by atoms with Gasteiger partial charge in [0.15, 0.2) is 0 Å². The van der Waals surface area contributed by atoms with E-state index in [9.17, 15) is 5.11 Å². The summed E-state index contributed by atoms with van der Waals surface area (Å²) < 4.78 is 1.20. The van der Waals surface area contributed by atoms with Crippen molar-refractivity contribution in [1.29, 1.82) is 0 Å². The first kappa shape index (κ1) is 19.9. The van der Waals surface area contributed by atoms with Gasteiger partial charge in [0.05, 0.1) is 5.52 Å². The fourth-order valence-electron chi connectivity index (χ4n) is 3.37. The molecule has 5 heteroatoms. The molecule has 2 unspecified atom stereocenters. The van der Waals surface area contributed by atoms with Crippen LogP contribution >= 0.6 is 22.6 Å². The molecule has 0 saturated carbocycles. The third kappa shape index (κ3) is 5.56. The lowest BCUT2D eigenvalue weighted by molar-refractivity contribution is 0.443. The van der Waals surface area contributed by atoms with Gasteiger partial charge >= 0.3 is 0 Å². The number of rotatable bonds is 8. The van der Waals surface area contributed by atoms with Gasteiger partial charge < -0.3 is 15.7 Å². The van der Waals surface area contributed by atoms with E-state index in [1.165, 1.54) is 3.57 Å². The first-order chi connectivity index (χ1) is 13.0. The van der Waals surface area contributed by atoms with Crippen molar-refractivity contribution >= 4 is 39.2 Å². The van der Waals surface area contributed by atoms with E-state index in [-0.39, 0.29) is 0 Å². The van der Waals surface area contributed by atoms with E-state index >= 15 is 0 Å². The molecule has 3 N–H and O–H groups in total. The van der Waals surface area contributed by atoms with Crippen LogP contribution in [0.15, 0.2) is 54.7 Å². The van der Waals surface area contributed by atoms with Crippen LogP contribution in [0.3, 0.4) is 0 Å². The zero-order chi connectivity index (χ0) is 19.2. The SMILES string of the molecule is CC(CNCc1ccccc1O)CC(C)Nc1ccnc2cc(I)ccc12. The molecular formula is C22H26IN3O. The Morgan fingerprint density at radius 3 is 2.74 bits per heavy atom. The van der Waals surface area contributed by atoms with Crippen molar-refractivity contribution in [3.8, 4) is 5.75 Å². The molecule has 0 bridgehead atoms. The van der Waals surface area contributed by atoms with E-state index < -0.39 is 0 Å². The largest absolute Gasteiger partial charge is 0.508 e. The zero-order valence-electron chi connectivity index (χ0n) is 15.7. The minimum atomic E-state index is 0.354. The van der Waals surface area contributed by atoms with Gasteiger partial charge in [-0.1, -0.05) is 25.1 Å². The molecule has 3 aromatic rings. The Balaban J connectivity index is 1.52. The summed E-state index contributed by atoms with van der Waals surface area (Å²) in [5.74, 6) is 0.874. The van der Waals surface area contributed by atoms with Crippen molar-refractivity contribution in [1.82, 2.24) is 10.3 Å². The van der Waals surface area contributed by atoms with E-state index in [1.807, 2.05) is 30.5 Å². The van der Waals surface area contributed by atoms with E-state index in [1.54, 1.807) is 6.07 Å². The van der Waals surface area contributed by atoms with Gasteiger partial charge in [-0.25, -0.2) is 0 Å². The Bertz CT molecular complexity index is 900. The molecule has 0 aliphatic heterocycles. The van der Waals surface area contributed by atoms with Crippen LogP contribution in [0.1, 0.15) is 25.8 Å². The van der Waals surface area contributed by atoms with Gasteiger partial charge in [-0.05, 0) is 78.7 Å². The van der Waals surface area contributed by atoms with Gasteiger partial charge in [0, 0.05) is 39.0 Å². The number of aromatic nitrogens is 1. The van der Waals surface area contributed by atoms with E-state index in [2.05, 4.69) is 70.3 Å². The molecule has 0 spiro atoms. The summed E-state index contributed by atoms with van der Waals surface area (Å²) in [6.45, 7) is 6.07. The fraction of sp³-hybridized carbons (Fsp3) is 0.318. The standard InChI is InChI=1S/C22H26IN3O/c1-15(13-24-14-17-5-3-4-6-22(17)27)11-16(2)26-20-9-10-25-21-12-18(23)7-8-19(20)21/h3-10,12,15-16,24,27H,11,13-14H2,1-2H3,(H,25,26). The number of phenols is 1. The number of nitrogens with zero attached hydrogens (tertiary/aromatic N) is 1. The number of anilines is 1. The molecule has 0 aliphatic rings. The Kier molecular flexibility index (Phi) is 6.90. The molecule has 142 valence electrons. The summed E-state index contributed by atoms with van der Waals surface area (Å²) in [7, 11) is 0. The lowest BCUT2D eigenvalue weighted by Gasteiger charge is -2.21. The summed E-state index contributed by atoms with van der Waals surface area (Å²) in [4.78, 5) is 4.47. The van der Waals surface area contributed by atoms with Crippen LogP contribution in [0.2, 0.25) is 0 Å². The second-order valence-corrected chi connectivity index (χ2v) is 8.41. The van der Waals surface area contributed by atoms with Crippen LogP contribution in [0.25, 0.3) is 10.9 Å². The molecule has 27 heavy (non-hydrogen) atoms. The number of pyridine rings is 1. The smallest absolute Gasteiger partial charge is 0.120 e. The van der Waals surface area contributed by atoms with Crippen LogP contribution in [0.5, 0.6) is 5.75 Å². The van der Waals surface area contributed by atoms with Gasteiger partial charge in [-0.3, -0.25) is 4.98 Å². The monoisotopic (exact) mass is 475 g/mol. The third-order valence-electron chi connectivity index (χ3n) is 4.66. The number of phenolic OH excluding ortho intramolecular Hbond substituents is 1. The molecule has 1 heterocycles. The average molecular weight is 475 g/mol. The highest BCUT2D eigenvalue weighted by molar-refractivity contribution is 14.1. The second kappa shape index (κ2) is 9.37. The van der Waals surface area contributed by atoms with Crippen LogP contribution in [0.4, 0.5) is 5.69 Å². The quantitative estimate of drug-likeness (QED) is 0.394. The maximum absolute atomic E-state index is 9.83. The number of para-hydroxylation sites is 1. The number of hydrogen-bond donors (Lipinski definition) is 3. The Hall–Kier alpha value is -1.86. The van der Waals surface area contributed by atoms with Crippen molar-refractivity contribution in [2.24, 2.45) is 5.92 Å². The predicted octanol–water partition coefficient (Wildman–Crippen LogP) is 5.16. The van der Waals surface area contributed by atoms with Gasteiger partial charge in [0.25, 0.3) is 0 Å². The number of hydrogen-bond acceptors (Lipinski definition) is 4. The second-order valence-electron chi connectivity index (χ2n) is 7.17. The van der Waals surface area contributed by atoms with Crippen LogP contribution in [0, 0.1) is 9.49 Å². The van der Waals surface area contributed by atoms with Crippen LogP contribution in [-0.4, -0.2) is 22.7 Å². The number of aromatic hydroxyl groups is 1. The van der Waals surface area contributed by atoms with Gasteiger partial charge in [-0.15, -0.1) is 0 Å². The van der Waals surface area contributed by atoms with Crippen molar-refractivity contribution < 1.29 is 5.11 Å². The molecule has 0 amide bonds. The van der Waals surface area contributed by atoms with E-state index in [0.29, 0.717) is 24.3 Å². The van der Waals surface area contributed by atoms with Crippen molar-refractivity contribution in [2.75, 3.05) is 11.9 Å². The van der Waals surface area contributed by atoms with Crippen molar-refractivity contribution in [3.05, 3.63) is 63.9 Å². The maximum Gasteiger partial charge on any atom is 0.120 e. The summed E-state index contributed by atoms with van der Waals surface area (Å²) >= 11 is 2.32. The highest BCUT2D eigenvalue weighted by atomic mass is 127. The molecule has 3 rings (SSSR count). The lowest BCUT2D eigenvalue weighted by atomic mass is 10.0. The van der Waals surface area contributed by atoms with Gasteiger partial charge in [0.2, 0.25) is 0 Å². The zero-order valence-corrected chi connectivity index (χ0v) is 17.9. The Labute approximate surface area is 174 Å². The minimum Gasteiger partial charge on any atom is -0.508 e. The molecule has 0 aliphatic carbocycles. The predicted molar refractivity (Wildman–Crippen MR) is 121 cm³/mol. The summed E-state index contributed by atoms with van der Waals surface area (Å²) in [6, 6.07) is 16.2. The maximum atomic E-state index is 9.83. The molecule has 0 fully saturated rings. The molecule has 2 aromatic carbocycles. The highest BCUT2D eigenvalue weighted by Gasteiger charge is 2.11. The van der Waals surface area contributed by atoms with E-state index in [0.717, 1.165) is 35.1 Å². The van der Waals surface area contributed by atoms with Gasteiger partial charge in [0.1, 0.15) is 5.75 Å². The first-order valence-corrected chi connectivity index (χ1v) is 10.4. The van der Waals surface area contributed by atoms with Crippen LogP contribution in [-0.2, 0) is 6.54 Å². The van der Waals surface area contributed by atoms with Crippen molar-refractivity contribution in [2.45, 2.75) is 32.9 Å². The van der Waals surface area contributed by atoms with Gasteiger partial charge in [-0.2, -0.15) is 0 Å². The molecule has 0 saturated heterocycles. The normalized spacial score (nSPS) is 13.4. The molecule has 2 atom stereocenters.